The lowest BCUT2D eigenvalue weighted by atomic mass is 10.0. The van der Waals surface area contributed by atoms with Gasteiger partial charge in [-0.25, -0.2) is 0 Å². The van der Waals surface area contributed by atoms with Gasteiger partial charge in [0.2, 0.25) is 5.91 Å². The molecule has 1 aromatic heterocycles. The highest BCUT2D eigenvalue weighted by Gasteiger charge is 2.40. The number of anilines is 1. The maximum absolute atomic E-state index is 13.6. The first-order valence-electron chi connectivity index (χ1n) is 10.1. The third-order valence-corrected chi connectivity index (χ3v) is 4.95. The average Bonchev–Trinajstić information content (AvgIpc) is 2.69. The number of nitrogens with zero attached hydrogens (tertiary/aromatic N) is 3. The molecule has 158 valence electrons. The summed E-state index contributed by atoms with van der Waals surface area (Å²) in [6, 6.07) is 9.76. The van der Waals surface area contributed by atoms with E-state index in [1.807, 2.05) is 58.9 Å². The van der Waals surface area contributed by atoms with E-state index in [0.29, 0.717) is 12.2 Å². The molecule has 0 bridgehead atoms. The molecule has 2 aromatic rings. The van der Waals surface area contributed by atoms with Gasteiger partial charge < -0.3 is 10.2 Å². The summed E-state index contributed by atoms with van der Waals surface area (Å²) < 4.78 is 0. The molecular formula is C23H28N4O3. The van der Waals surface area contributed by atoms with Crippen LogP contribution in [0.4, 0.5) is 5.69 Å². The first-order chi connectivity index (χ1) is 14.1. The Balaban J connectivity index is 2.19. The number of pyridine rings is 1. The molecule has 3 rings (SSSR count). The number of aromatic nitrogens is 1. The minimum Gasteiger partial charge on any atom is -0.350 e. The molecule has 0 aliphatic carbocycles. The SMILES string of the molecule is CCN1CC(C(=O)NC(C)(C)C)N(c2ccc(C)cc2)C(=O)c2ncccc2C1=O. The normalized spacial score (nSPS) is 17.3. The molecule has 30 heavy (non-hydrogen) atoms. The van der Waals surface area contributed by atoms with Crippen molar-refractivity contribution in [1.82, 2.24) is 15.2 Å². The Morgan fingerprint density at radius 3 is 2.40 bits per heavy atom. The molecule has 0 saturated carbocycles. The maximum atomic E-state index is 13.6. The van der Waals surface area contributed by atoms with Crippen molar-refractivity contribution in [2.24, 2.45) is 0 Å². The first-order valence-corrected chi connectivity index (χ1v) is 10.1. The number of rotatable bonds is 3. The van der Waals surface area contributed by atoms with Gasteiger partial charge in [-0.3, -0.25) is 24.3 Å². The third kappa shape index (κ3) is 4.35. The van der Waals surface area contributed by atoms with Crippen LogP contribution in [0.3, 0.4) is 0 Å². The Kier molecular flexibility index (Phi) is 5.92. The molecule has 0 saturated heterocycles. The molecule has 1 N–H and O–H groups in total. The van der Waals surface area contributed by atoms with Crippen molar-refractivity contribution in [2.45, 2.75) is 46.2 Å². The van der Waals surface area contributed by atoms with E-state index in [2.05, 4.69) is 10.3 Å². The second-order valence-corrected chi connectivity index (χ2v) is 8.51. The van der Waals surface area contributed by atoms with E-state index in [4.69, 9.17) is 0 Å². The number of hydrogen-bond acceptors (Lipinski definition) is 4. The molecule has 0 spiro atoms. The number of amides is 3. The van der Waals surface area contributed by atoms with Crippen LogP contribution in [0.5, 0.6) is 0 Å². The van der Waals surface area contributed by atoms with Crippen molar-refractivity contribution < 1.29 is 14.4 Å². The van der Waals surface area contributed by atoms with Crippen molar-refractivity contribution in [3.8, 4) is 0 Å². The highest BCUT2D eigenvalue weighted by atomic mass is 16.2. The standard InChI is InChI=1S/C23H28N4O3/c1-6-26-14-18(20(28)25-23(3,4)5)27(16-11-9-15(2)10-12-16)22(30)19-17(21(26)29)8-7-13-24-19/h7-13,18H,6,14H2,1-5H3,(H,25,28). The van der Waals surface area contributed by atoms with E-state index in [0.717, 1.165) is 5.56 Å². The topological polar surface area (TPSA) is 82.6 Å². The molecule has 1 aromatic carbocycles. The van der Waals surface area contributed by atoms with E-state index in [1.54, 1.807) is 17.0 Å². The van der Waals surface area contributed by atoms with Crippen molar-refractivity contribution >= 4 is 23.4 Å². The molecule has 1 aliphatic rings. The van der Waals surface area contributed by atoms with Gasteiger partial charge in [0.05, 0.1) is 12.1 Å². The zero-order valence-corrected chi connectivity index (χ0v) is 18.1. The van der Waals surface area contributed by atoms with E-state index < -0.39 is 17.5 Å². The molecule has 3 amide bonds. The summed E-state index contributed by atoms with van der Waals surface area (Å²) in [7, 11) is 0. The van der Waals surface area contributed by atoms with Crippen molar-refractivity contribution in [2.75, 3.05) is 18.0 Å². The number of fused-ring (bicyclic) bond motifs is 1. The number of aryl methyl sites for hydroxylation is 1. The fourth-order valence-corrected chi connectivity index (χ4v) is 3.48. The lowest BCUT2D eigenvalue weighted by Gasteiger charge is -2.38. The second kappa shape index (κ2) is 8.26. The molecule has 1 unspecified atom stereocenters. The molecule has 1 atom stereocenters. The van der Waals surface area contributed by atoms with Gasteiger partial charge in [-0.15, -0.1) is 0 Å². The summed E-state index contributed by atoms with van der Waals surface area (Å²) in [5, 5.41) is 2.96. The van der Waals surface area contributed by atoms with Crippen molar-refractivity contribution in [1.29, 1.82) is 0 Å². The number of benzene rings is 1. The molecule has 0 fully saturated rings. The predicted octanol–water partition coefficient (Wildman–Crippen LogP) is 2.80. The van der Waals surface area contributed by atoms with Crippen LogP contribution in [0.1, 0.15) is 54.1 Å². The largest absolute Gasteiger partial charge is 0.350 e. The van der Waals surface area contributed by atoms with Crippen molar-refractivity contribution in [3.63, 3.8) is 0 Å². The molecule has 1 aliphatic heterocycles. The molecule has 7 nitrogen and oxygen atoms in total. The van der Waals surface area contributed by atoms with E-state index >= 15 is 0 Å². The Morgan fingerprint density at radius 1 is 1.13 bits per heavy atom. The molecule has 2 heterocycles. The van der Waals surface area contributed by atoms with Crippen LogP contribution in [-0.4, -0.2) is 52.3 Å². The van der Waals surface area contributed by atoms with Crippen LogP contribution < -0.4 is 10.2 Å². The van der Waals surface area contributed by atoms with Gasteiger partial charge in [0, 0.05) is 24.0 Å². The number of hydrogen-bond donors (Lipinski definition) is 1. The van der Waals surface area contributed by atoms with Crippen LogP contribution >= 0.6 is 0 Å². The molecule has 0 radical (unpaired) electrons. The zero-order chi connectivity index (χ0) is 22.1. The molecular weight excluding hydrogens is 380 g/mol. The van der Waals surface area contributed by atoms with Crippen LogP contribution in [0.2, 0.25) is 0 Å². The Bertz CT molecular complexity index is 963. The Labute approximate surface area is 177 Å². The number of carbonyl (C=O) groups excluding carboxylic acids is 3. The van der Waals surface area contributed by atoms with Gasteiger partial charge in [-0.2, -0.15) is 0 Å². The lowest BCUT2D eigenvalue weighted by Crippen LogP contribution is -2.60. The minimum absolute atomic E-state index is 0.0507. The van der Waals surface area contributed by atoms with E-state index in [9.17, 15) is 14.4 Å². The van der Waals surface area contributed by atoms with Crippen molar-refractivity contribution in [3.05, 3.63) is 59.4 Å². The fraction of sp³-hybridized carbons (Fsp3) is 0.391. The third-order valence-electron chi connectivity index (χ3n) is 4.95. The summed E-state index contributed by atoms with van der Waals surface area (Å²) in [5.74, 6) is -1.08. The van der Waals surface area contributed by atoms with Gasteiger partial charge in [0.25, 0.3) is 11.8 Å². The van der Waals surface area contributed by atoms with Gasteiger partial charge in [-0.1, -0.05) is 17.7 Å². The van der Waals surface area contributed by atoms with Crippen LogP contribution in [0, 0.1) is 6.92 Å². The lowest BCUT2D eigenvalue weighted by molar-refractivity contribution is -0.124. The fourth-order valence-electron chi connectivity index (χ4n) is 3.48. The monoisotopic (exact) mass is 408 g/mol. The smallest absolute Gasteiger partial charge is 0.278 e. The minimum atomic E-state index is -0.890. The summed E-state index contributed by atoms with van der Waals surface area (Å²) >= 11 is 0. The number of nitrogens with one attached hydrogen (secondary N) is 1. The number of carbonyl (C=O) groups is 3. The highest BCUT2D eigenvalue weighted by molar-refractivity contribution is 6.15. The molecule has 7 heteroatoms. The highest BCUT2D eigenvalue weighted by Crippen LogP contribution is 2.26. The summed E-state index contributed by atoms with van der Waals surface area (Å²) in [6.45, 7) is 9.94. The van der Waals surface area contributed by atoms with Crippen LogP contribution in [-0.2, 0) is 4.79 Å². The first kappa shape index (κ1) is 21.5. The Morgan fingerprint density at radius 2 is 1.80 bits per heavy atom. The summed E-state index contributed by atoms with van der Waals surface area (Å²) in [5.41, 5.74) is 1.43. The average molecular weight is 409 g/mol. The van der Waals surface area contributed by atoms with Crippen LogP contribution in [0.25, 0.3) is 0 Å². The number of likely N-dealkylation sites (N-methyl/N-ethyl adjacent to an activating group) is 1. The van der Waals surface area contributed by atoms with E-state index in [1.165, 1.54) is 11.1 Å². The second-order valence-electron chi connectivity index (χ2n) is 8.51. The van der Waals surface area contributed by atoms with Crippen LogP contribution in [0.15, 0.2) is 42.6 Å². The quantitative estimate of drug-likeness (QED) is 0.847. The summed E-state index contributed by atoms with van der Waals surface area (Å²) in [4.78, 5) is 47.2. The van der Waals surface area contributed by atoms with Gasteiger partial charge in [-0.05, 0) is 58.9 Å². The van der Waals surface area contributed by atoms with Gasteiger partial charge >= 0.3 is 0 Å². The zero-order valence-electron chi connectivity index (χ0n) is 18.1. The maximum Gasteiger partial charge on any atom is 0.278 e. The summed E-state index contributed by atoms with van der Waals surface area (Å²) in [6.07, 6.45) is 1.49. The Hall–Kier alpha value is -3.22. The predicted molar refractivity (Wildman–Crippen MR) is 115 cm³/mol. The van der Waals surface area contributed by atoms with Gasteiger partial charge in [0.15, 0.2) is 0 Å². The van der Waals surface area contributed by atoms with Gasteiger partial charge in [0.1, 0.15) is 11.7 Å². The van der Waals surface area contributed by atoms with E-state index in [-0.39, 0.29) is 29.6 Å².